The molecule has 0 aromatic rings. The fourth-order valence-electron chi connectivity index (χ4n) is 2.27. The first-order valence-electron chi connectivity index (χ1n) is 5.04. The maximum Gasteiger partial charge on any atom is 0.217 e. The van der Waals surface area contributed by atoms with Gasteiger partial charge in [-0.05, 0) is 32.0 Å². The van der Waals surface area contributed by atoms with Gasteiger partial charge in [-0.15, -0.1) is 5.11 Å². The van der Waals surface area contributed by atoms with E-state index in [0.717, 1.165) is 6.54 Å². The molecule has 1 unspecified atom stereocenters. The van der Waals surface area contributed by atoms with Crippen molar-refractivity contribution in [3.63, 3.8) is 0 Å². The molecule has 1 atom stereocenters. The third kappa shape index (κ3) is 1.59. The Labute approximate surface area is 84.2 Å². The monoisotopic (exact) mass is 197 g/mol. The normalized spacial score (nSPS) is 29.2. The van der Waals surface area contributed by atoms with E-state index in [1.54, 1.807) is 0 Å². The Morgan fingerprint density at radius 2 is 2.15 bits per heavy atom. The summed E-state index contributed by atoms with van der Waals surface area (Å²) in [5.41, 5.74) is 0. The highest BCUT2D eigenvalue weighted by Crippen LogP contribution is 2.33. The molecule has 0 N–H and O–H groups in total. The standard InChI is InChI=1S/C9H15N3S/c1-2-12-8(10-11-9(12)13)7-5-3-4-6-7/h7-8H,2-6H2,1H3. The lowest BCUT2D eigenvalue weighted by Gasteiger charge is -2.25. The van der Waals surface area contributed by atoms with Crippen LogP contribution in [0.4, 0.5) is 0 Å². The smallest absolute Gasteiger partial charge is 0.217 e. The average molecular weight is 197 g/mol. The SMILES string of the molecule is CCN1C(=S)N=NC1C1CCCC1. The zero-order valence-electron chi connectivity index (χ0n) is 7.94. The van der Waals surface area contributed by atoms with Gasteiger partial charge in [-0.1, -0.05) is 12.8 Å². The lowest BCUT2D eigenvalue weighted by atomic mass is 10.0. The van der Waals surface area contributed by atoms with Crippen molar-refractivity contribution in [2.24, 2.45) is 16.1 Å². The molecule has 0 amide bonds. The van der Waals surface area contributed by atoms with Crippen LogP contribution in [0.1, 0.15) is 32.6 Å². The van der Waals surface area contributed by atoms with E-state index >= 15 is 0 Å². The summed E-state index contributed by atoms with van der Waals surface area (Å²) < 4.78 is 0. The maximum absolute atomic E-state index is 5.12. The van der Waals surface area contributed by atoms with Crippen molar-refractivity contribution in [2.45, 2.75) is 38.8 Å². The van der Waals surface area contributed by atoms with Gasteiger partial charge in [-0.25, -0.2) is 0 Å². The summed E-state index contributed by atoms with van der Waals surface area (Å²) in [5, 5.41) is 8.94. The highest BCUT2D eigenvalue weighted by molar-refractivity contribution is 7.80. The summed E-state index contributed by atoms with van der Waals surface area (Å²) in [4.78, 5) is 2.14. The molecule has 0 saturated heterocycles. The van der Waals surface area contributed by atoms with Crippen molar-refractivity contribution in [3.05, 3.63) is 0 Å². The Morgan fingerprint density at radius 3 is 2.77 bits per heavy atom. The molecule has 1 heterocycles. The number of azo groups is 1. The van der Waals surface area contributed by atoms with Gasteiger partial charge in [-0.3, -0.25) is 0 Å². The van der Waals surface area contributed by atoms with Gasteiger partial charge in [0.1, 0.15) is 6.17 Å². The Morgan fingerprint density at radius 1 is 1.46 bits per heavy atom. The second-order valence-electron chi connectivity index (χ2n) is 3.74. The second kappa shape index (κ2) is 3.70. The van der Waals surface area contributed by atoms with Crippen LogP contribution in [0.5, 0.6) is 0 Å². The summed E-state index contributed by atoms with van der Waals surface area (Å²) >= 11 is 5.12. The lowest BCUT2D eigenvalue weighted by Crippen LogP contribution is -2.36. The largest absolute Gasteiger partial charge is 0.322 e. The highest BCUT2D eigenvalue weighted by Gasteiger charge is 2.33. The van der Waals surface area contributed by atoms with Crippen LogP contribution in [0.15, 0.2) is 10.2 Å². The van der Waals surface area contributed by atoms with E-state index in [1.165, 1.54) is 25.7 Å². The summed E-state index contributed by atoms with van der Waals surface area (Å²) in [6, 6.07) is 0. The van der Waals surface area contributed by atoms with Crippen molar-refractivity contribution in [1.29, 1.82) is 0 Å². The summed E-state index contributed by atoms with van der Waals surface area (Å²) in [6.45, 7) is 3.05. The molecule has 72 valence electrons. The number of nitrogens with zero attached hydrogens (tertiary/aromatic N) is 3. The number of hydrogen-bond acceptors (Lipinski definition) is 2. The quantitative estimate of drug-likeness (QED) is 0.636. The van der Waals surface area contributed by atoms with Crippen LogP contribution in [-0.2, 0) is 0 Å². The number of thiocarbonyl (C=S) groups is 1. The van der Waals surface area contributed by atoms with E-state index < -0.39 is 0 Å². The van der Waals surface area contributed by atoms with E-state index in [1.807, 2.05) is 0 Å². The van der Waals surface area contributed by atoms with Gasteiger partial charge < -0.3 is 4.90 Å². The van der Waals surface area contributed by atoms with Gasteiger partial charge in [0.05, 0.1) is 0 Å². The molecule has 13 heavy (non-hydrogen) atoms. The first-order valence-corrected chi connectivity index (χ1v) is 5.45. The van der Waals surface area contributed by atoms with E-state index in [-0.39, 0.29) is 6.17 Å². The molecule has 0 spiro atoms. The Bertz CT molecular complexity index is 233. The molecule has 0 radical (unpaired) electrons. The maximum atomic E-state index is 5.12. The lowest BCUT2D eigenvalue weighted by molar-refractivity contribution is 0.258. The zero-order valence-corrected chi connectivity index (χ0v) is 8.76. The highest BCUT2D eigenvalue weighted by atomic mass is 32.1. The summed E-state index contributed by atoms with van der Waals surface area (Å²) in [5.74, 6) is 0.698. The van der Waals surface area contributed by atoms with E-state index in [4.69, 9.17) is 12.2 Å². The topological polar surface area (TPSA) is 28.0 Å². The molecular weight excluding hydrogens is 182 g/mol. The predicted octanol–water partition coefficient (Wildman–Crippen LogP) is 2.58. The van der Waals surface area contributed by atoms with Crippen molar-refractivity contribution >= 4 is 17.3 Å². The molecular formula is C9H15N3S. The summed E-state index contributed by atoms with van der Waals surface area (Å²) in [6.07, 6.45) is 5.55. The van der Waals surface area contributed by atoms with Crippen LogP contribution in [-0.4, -0.2) is 22.7 Å². The molecule has 4 heteroatoms. The average Bonchev–Trinajstić information content (AvgIpc) is 2.71. The van der Waals surface area contributed by atoms with Crippen LogP contribution in [0.25, 0.3) is 0 Å². The number of rotatable bonds is 2. The third-order valence-corrected chi connectivity index (χ3v) is 3.30. The molecule has 1 aliphatic heterocycles. The zero-order chi connectivity index (χ0) is 9.26. The third-order valence-electron chi connectivity index (χ3n) is 2.99. The molecule has 0 aromatic heterocycles. The Kier molecular flexibility index (Phi) is 2.58. The Hall–Kier alpha value is -0.510. The first-order chi connectivity index (χ1) is 6.33. The van der Waals surface area contributed by atoms with Crippen molar-refractivity contribution in [2.75, 3.05) is 6.54 Å². The van der Waals surface area contributed by atoms with Crippen molar-refractivity contribution in [3.8, 4) is 0 Å². The first kappa shape index (κ1) is 9.06. The number of hydrogen-bond donors (Lipinski definition) is 0. The van der Waals surface area contributed by atoms with Crippen LogP contribution in [0.3, 0.4) is 0 Å². The van der Waals surface area contributed by atoms with E-state index in [9.17, 15) is 0 Å². The predicted molar refractivity (Wildman–Crippen MR) is 55.6 cm³/mol. The minimum Gasteiger partial charge on any atom is -0.322 e. The molecule has 2 aliphatic rings. The molecule has 0 aromatic carbocycles. The minimum atomic E-state index is 0.264. The van der Waals surface area contributed by atoms with Gasteiger partial charge in [0.15, 0.2) is 0 Å². The fourth-order valence-corrected chi connectivity index (χ4v) is 2.55. The molecule has 1 saturated carbocycles. The van der Waals surface area contributed by atoms with Gasteiger partial charge in [0, 0.05) is 12.5 Å². The van der Waals surface area contributed by atoms with Crippen LogP contribution < -0.4 is 0 Å². The van der Waals surface area contributed by atoms with Crippen LogP contribution in [0.2, 0.25) is 0 Å². The van der Waals surface area contributed by atoms with Gasteiger partial charge in [0.25, 0.3) is 0 Å². The van der Waals surface area contributed by atoms with Gasteiger partial charge in [-0.2, -0.15) is 5.11 Å². The van der Waals surface area contributed by atoms with Crippen molar-refractivity contribution < 1.29 is 0 Å². The molecule has 0 bridgehead atoms. The van der Waals surface area contributed by atoms with E-state index in [0.29, 0.717) is 11.0 Å². The van der Waals surface area contributed by atoms with Gasteiger partial charge in [0.2, 0.25) is 5.11 Å². The van der Waals surface area contributed by atoms with Crippen LogP contribution in [0, 0.1) is 5.92 Å². The fraction of sp³-hybridized carbons (Fsp3) is 0.889. The van der Waals surface area contributed by atoms with Crippen LogP contribution >= 0.6 is 12.2 Å². The van der Waals surface area contributed by atoms with E-state index in [2.05, 4.69) is 22.1 Å². The second-order valence-corrected chi connectivity index (χ2v) is 4.11. The Balaban J connectivity index is 2.05. The molecule has 1 fully saturated rings. The minimum absolute atomic E-state index is 0.264. The molecule has 3 nitrogen and oxygen atoms in total. The summed E-state index contributed by atoms with van der Waals surface area (Å²) in [7, 11) is 0. The molecule has 1 aliphatic carbocycles. The van der Waals surface area contributed by atoms with Gasteiger partial charge >= 0.3 is 0 Å². The molecule has 2 rings (SSSR count). The van der Waals surface area contributed by atoms with Crippen molar-refractivity contribution in [1.82, 2.24) is 4.90 Å².